The molecule has 2 N–H and O–H groups in total. The van der Waals surface area contributed by atoms with Crippen molar-refractivity contribution in [1.82, 2.24) is 5.32 Å². The first-order valence-corrected chi connectivity index (χ1v) is 4.41. The van der Waals surface area contributed by atoms with Crippen molar-refractivity contribution < 1.29 is 9.90 Å². The maximum atomic E-state index is 10.8. The summed E-state index contributed by atoms with van der Waals surface area (Å²) in [5.41, 5.74) is 1.05. The Kier molecular flexibility index (Phi) is 3.80. The quantitative estimate of drug-likeness (QED) is 0.592. The van der Waals surface area contributed by atoms with Crippen molar-refractivity contribution in [3.63, 3.8) is 0 Å². The molecule has 1 aliphatic carbocycles. The number of allylic oxidation sites excluding steroid dienone is 2. The normalized spacial score (nSPS) is 16.4. The summed E-state index contributed by atoms with van der Waals surface area (Å²) in [5, 5.41) is 11.7. The molecule has 3 heteroatoms. The van der Waals surface area contributed by atoms with Crippen molar-refractivity contribution in [2.45, 2.75) is 25.7 Å². The van der Waals surface area contributed by atoms with Crippen molar-refractivity contribution in [3.05, 3.63) is 11.8 Å². The standard InChI is InChI=1S/C9H15NO2/c11-6-2-1-5-10-8-3-4-9(12)7-8/h7,10-11H,1-6H2. The highest BCUT2D eigenvalue weighted by atomic mass is 16.2. The number of aliphatic hydroxyl groups is 1. The van der Waals surface area contributed by atoms with Crippen LogP contribution in [-0.4, -0.2) is 24.0 Å². The van der Waals surface area contributed by atoms with Gasteiger partial charge in [-0.15, -0.1) is 0 Å². The molecule has 0 atom stereocenters. The van der Waals surface area contributed by atoms with Gasteiger partial charge >= 0.3 is 0 Å². The van der Waals surface area contributed by atoms with Gasteiger partial charge in [0.15, 0.2) is 5.78 Å². The average molecular weight is 169 g/mol. The molecule has 0 aromatic rings. The van der Waals surface area contributed by atoms with Gasteiger partial charge in [-0.05, 0) is 19.3 Å². The number of nitrogens with one attached hydrogen (secondary N) is 1. The molecule has 0 aliphatic heterocycles. The molecule has 1 aliphatic rings. The van der Waals surface area contributed by atoms with Crippen LogP contribution in [0, 0.1) is 0 Å². The maximum absolute atomic E-state index is 10.8. The van der Waals surface area contributed by atoms with Crippen molar-refractivity contribution in [2.24, 2.45) is 0 Å². The van der Waals surface area contributed by atoms with Crippen molar-refractivity contribution >= 4 is 5.78 Å². The Hall–Kier alpha value is -0.830. The summed E-state index contributed by atoms with van der Waals surface area (Å²) in [6, 6.07) is 0. The maximum Gasteiger partial charge on any atom is 0.157 e. The molecule has 0 saturated carbocycles. The summed E-state index contributed by atoms with van der Waals surface area (Å²) in [7, 11) is 0. The SMILES string of the molecule is O=C1C=C(NCCCCO)CC1. The van der Waals surface area contributed by atoms with E-state index < -0.39 is 0 Å². The molecule has 0 radical (unpaired) electrons. The van der Waals surface area contributed by atoms with Crippen LogP contribution in [0.2, 0.25) is 0 Å². The lowest BCUT2D eigenvalue weighted by atomic mass is 10.3. The minimum atomic E-state index is 0.222. The number of carbonyl (C=O) groups excluding carboxylic acids is 1. The van der Waals surface area contributed by atoms with Crippen LogP contribution >= 0.6 is 0 Å². The molecule has 0 heterocycles. The number of carbonyl (C=O) groups is 1. The summed E-state index contributed by atoms with van der Waals surface area (Å²) < 4.78 is 0. The van der Waals surface area contributed by atoms with E-state index in [9.17, 15) is 4.79 Å². The fourth-order valence-corrected chi connectivity index (χ4v) is 1.22. The van der Waals surface area contributed by atoms with E-state index in [1.54, 1.807) is 6.08 Å². The Morgan fingerprint density at radius 2 is 2.25 bits per heavy atom. The molecule has 0 fully saturated rings. The number of hydrogen-bond acceptors (Lipinski definition) is 3. The number of ketones is 1. The van der Waals surface area contributed by atoms with E-state index in [0.717, 1.165) is 31.5 Å². The first kappa shape index (κ1) is 9.26. The van der Waals surface area contributed by atoms with Crippen LogP contribution in [0.1, 0.15) is 25.7 Å². The molecule has 12 heavy (non-hydrogen) atoms. The van der Waals surface area contributed by atoms with Crippen molar-refractivity contribution in [2.75, 3.05) is 13.2 Å². The first-order chi connectivity index (χ1) is 5.83. The van der Waals surface area contributed by atoms with E-state index in [1.807, 2.05) is 0 Å². The second kappa shape index (κ2) is 4.93. The van der Waals surface area contributed by atoms with Crippen LogP contribution in [0.5, 0.6) is 0 Å². The highest BCUT2D eigenvalue weighted by Crippen LogP contribution is 2.11. The minimum absolute atomic E-state index is 0.222. The number of aliphatic hydroxyl groups excluding tert-OH is 1. The van der Waals surface area contributed by atoms with Crippen LogP contribution in [0.15, 0.2) is 11.8 Å². The molecule has 0 amide bonds. The summed E-state index contributed by atoms with van der Waals surface area (Å²) in [4.78, 5) is 10.8. The molecule has 0 saturated heterocycles. The third-order valence-electron chi connectivity index (χ3n) is 1.91. The summed E-state index contributed by atoms with van der Waals surface area (Å²) in [6.07, 6.45) is 4.98. The van der Waals surface area contributed by atoms with Crippen LogP contribution < -0.4 is 5.32 Å². The zero-order valence-electron chi connectivity index (χ0n) is 7.18. The molecule has 1 rings (SSSR count). The molecule has 0 bridgehead atoms. The Balaban J connectivity index is 2.07. The third-order valence-corrected chi connectivity index (χ3v) is 1.91. The lowest BCUT2D eigenvalue weighted by Crippen LogP contribution is -2.13. The van der Waals surface area contributed by atoms with Crippen molar-refractivity contribution in [1.29, 1.82) is 0 Å². The highest BCUT2D eigenvalue weighted by Gasteiger charge is 2.10. The van der Waals surface area contributed by atoms with E-state index in [-0.39, 0.29) is 12.4 Å². The molecule has 0 aromatic carbocycles. The second-order valence-electron chi connectivity index (χ2n) is 2.99. The van der Waals surface area contributed by atoms with Crippen LogP contribution in [0.25, 0.3) is 0 Å². The van der Waals surface area contributed by atoms with Gasteiger partial charge in [0.25, 0.3) is 0 Å². The molecular formula is C9H15NO2. The van der Waals surface area contributed by atoms with Gasteiger partial charge < -0.3 is 10.4 Å². The summed E-state index contributed by atoms with van der Waals surface area (Å²) in [5.74, 6) is 0.222. The lowest BCUT2D eigenvalue weighted by Gasteiger charge is -2.04. The number of unbranched alkanes of at least 4 members (excludes halogenated alkanes) is 1. The Morgan fingerprint density at radius 3 is 2.83 bits per heavy atom. The monoisotopic (exact) mass is 169 g/mol. The van der Waals surface area contributed by atoms with Crippen molar-refractivity contribution in [3.8, 4) is 0 Å². The topological polar surface area (TPSA) is 49.3 Å². The molecule has 0 spiro atoms. The van der Waals surface area contributed by atoms with Gasteiger partial charge in [0.2, 0.25) is 0 Å². The minimum Gasteiger partial charge on any atom is -0.396 e. The van der Waals surface area contributed by atoms with E-state index in [2.05, 4.69) is 5.32 Å². The number of hydrogen-bond donors (Lipinski definition) is 2. The van der Waals surface area contributed by atoms with Crippen LogP contribution in [-0.2, 0) is 4.79 Å². The van der Waals surface area contributed by atoms with Crippen LogP contribution in [0.3, 0.4) is 0 Å². The van der Waals surface area contributed by atoms with Gasteiger partial charge in [-0.1, -0.05) is 0 Å². The second-order valence-corrected chi connectivity index (χ2v) is 2.99. The van der Waals surface area contributed by atoms with E-state index in [0.29, 0.717) is 6.42 Å². The third kappa shape index (κ3) is 3.05. The fourth-order valence-electron chi connectivity index (χ4n) is 1.22. The van der Waals surface area contributed by atoms with Gasteiger partial charge in [-0.2, -0.15) is 0 Å². The van der Waals surface area contributed by atoms with Gasteiger partial charge in [-0.3, -0.25) is 4.79 Å². The summed E-state index contributed by atoms with van der Waals surface area (Å²) >= 11 is 0. The largest absolute Gasteiger partial charge is 0.396 e. The van der Waals surface area contributed by atoms with E-state index >= 15 is 0 Å². The fraction of sp³-hybridized carbons (Fsp3) is 0.667. The van der Waals surface area contributed by atoms with Gasteiger partial charge in [0.1, 0.15) is 0 Å². The first-order valence-electron chi connectivity index (χ1n) is 4.41. The van der Waals surface area contributed by atoms with E-state index in [4.69, 9.17) is 5.11 Å². The Bertz CT molecular complexity index is 187. The predicted molar refractivity (Wildman–Crippen MR) is 46.6 cm³/mol. The van der Waals surface area contributed by atoms with Gasteiger partial charge in [-0.25, -0.2) is 0 Å². The predicted octanol–water partition coefficient (Wildman–Crippen LogP) is 0.595. The number of rotatable bonds is 5. The Labute approximate surface area is 72.5 Å². The zero-order chi connectivity index (χ0) is 8.81. The summed E-state index contributed by atoms with van der Waals surface area (Å²) in [6.45, 7) is 1.11. The molecule has 68 valence electrons. The zero-order valence-corrected chi connectivity index (χ0v) is 7.18. The Morgan fingerprint density at radius 1 is 1.42 bits per heavy atom. The van der Waals surface area contributed by atoms with Gasteiger partial charge in [0, 0.05) is 31.3 Å². The van der Waals surface area contributed by atoms with Gasteiger partial charge in [0.05, 0.1) is 0 Å². The average Bonchev–Trinajstić information content (AvgIpc) is 2.45. The molecule has 0 aromatic heterocycles. The smallest absolute Gasteiger partial charge is 0.157 e. The molecule has 3 nitrogen and oxygen atoms in total. The molecular weight excluding hydrogens is 154 g/mol. The highest BCUT2D eigenvalue weighted by molar-refractivity contribution is 5.92. The molecule has 0 unspecified atom stereocenters. The van der Waals surface area contributed by atoms with E-state index in [1.165, 1.54) is 0 Å². The lowest BCUT2D eigenvalue weighted by molar-refractivity contribution is -0.114. The van der Waals surface area contributed by atoms with Crippen LogP contribution in [0.4, 0.5) is 0 Å².